The number of tetrazole rings is 1. The average molecular weight is 483 g/mol. The fourth-order valence-electron chi connectivity index (χ4n) is 4.39. The van der Waals surface area contributed by atoms with Crippen LogP contribution in [0.25, 0.3) is 10.9 Å². The first-order valence-electron chi connectivity index (χ1n) is 11.9. The number of aromatic nitrogens is 5. The number of rotatable bonds is 9. The second-order valence-electron chi connectivity index (χ2n) is 8.99. The van der Waals surface area contributed by atoms with Crippen LogP contribution in [0.15, 0.2) is 83.7 Å². The maximum Gasteiger partial charge on any atom is 0.252 e. The number of fused-ring (bicyclic) bond motifs is 1. The quantitative estimate of drug-likeness (QED) is 0.337. The molecule has 0 amide bonds. The van der Waals surface area contributed by atoms with Crippen molar-refractivity contribution in [1.82, 2.24) is 30.1 Å². The van der Waals surface area contributed by atoms with Gasteiger partial charge in [-0.3, -0.25) is 9.69 Å². The number of halogens is 1. The van der Waals surface area contributed by atoms with Crippen molar-refractivity contribution in [1.29, 1.82) is 0 Å². The molecular weight excluding hydrogens is 455 g/mol. The van der Waals surface area contributed by atoms with Crippen LogP contribution in [0.4, 0.5) is 4.39 Å². The number of benzene rings is 3. The Balaban J connectivity index is 1.40. The molecular formula is C28H27FN6O. The molecule has 0 fully saturated rings. The van der Waals surface area contributed by atoms with E-state index in [0.717, 1.165) is 28.5 Å². The van der Waals surface area contributed by atoms with Gasteiger partial charge in [-0.2, -0.15) is 0 Å². The molecule has 0 aliphatic carbocycles. The Morgan fingerprint density at radius 3 is 2.53 bits per heavy atom. The van der Waals surface area contributed by atoms with Crippen molar-refractivity contribution in [2.24, 2.45) is 0 Å². The highest BCUT2D eigenvalue weighted by Crippen LogP contribution is 2.18. The number of nitrogens with one attached hydrogen (secondary N) is 1. The number of hydrogen-bond donors (Lipinski definition) is 1. The van der Waals surface area contributed by atoms with E-state index in [2.05, 4.69) is 37.5 Å². The van der Waals surface area contributed by atoms with E-state index in [4.69, 9.17) is 0 Å². The summed E-state index contributed by atoms with van der Waals surface area (Å²) in [6.07, 6.45) is 0.806. The van der Waals surface area contributed by atoms with Crippen molar-refractivity contribution in [2.45, 2.75) is 39.5 Å². The van der Waals surface area contributed by atoms with Gasteiger partial charge in [-0.25, -0.2) is 9.07 Å². The molecule has 0 aliphatic rings. The molecule has 182 valence electrons. The maximum absolute atomic E-state index is 13.5. The Hall–Kier alpha value is -4.17. The minimum Gasteiger partial charge on any atom is -0.321 e. The molecule has 0 unspecified atom stereocenters. The van der Waals surface area contributed by atoms with Gasteiger partial charge in [0.15, 0.2) is 5.82 Å². The van der Waals surface area contributed by atoms with Gasteiger partial charge in [0, 0.05) is 25.2 Å². The van der Waals surface area contributed by atoms with Crippen LogP contribution in [0, 0.1) is 12.7 Å². The molecule has 2 aromatic heterocycles. The molecule has 2 heterocycles. The highest BCUT2D eigenvalue weighted by Gasteiger charge is 2.16. The summed E-state index contributed by atoms with van der Waals surface area (Å²) < 4.78 is 15.3. The lowest BCUT2D eigenvalue weighted by Crippen LogP contribution is -2.28. The molecule has 0 spiro atoms. The fraction of sp³-hybridized carbons (Fsp3) is 0.214. The second kappa shape index (κ2) is 10.6. The predicted molar refractivity (Wildman–Crippen MR) is 137 cm³/mol. The number of hydrogen-bond acceptors (Lipinski definition) is 5. The molecule has 36 heavy (non-hydrogen) atoms. The largest absolute Gasteiger partial charge is 0.321 e. The van der Waals surface area contributed by atoms with E-state index in [1.165, 1.54) is 17.7 Å². The van der Waals surface area contributed by atoms with Crippen molar-refractivity contribution in [3.05, 3.63) is 123 Å². The van der Waals surface area contributed by atoms with Gasteiger partial charge in [-0.05, 0) is 64.0 Å². The molecule has 1 N–H and O–H groups in total. The van der Waals surface area contributed by atoms with Crippen molar-refractivity contribution in [3.8, 4) is 0 Å². The van der Waals surface area contributed by atoms with E-state index in [-0.39, 0.29) is 11.4 Å². The Labute approximate surface area is 208 Å². The zero-order chi connectivity index (χ0) is 24.9. The van der Waals surface area contributed by atoms with Gasteiger partial charge in [0.2, 0.25) is 0 Å². The normalized spacial score (nSPS) is 11.4. The predicted octanol–water partition coefficient (Wildman–Crippen LogP) is 4.41. The monoisotopic (exact) mass is 482 g/mol. The summed E-state index contributed by atoms with van der Waals surface area (Å²) in [7, 11) is 0. The van der Waals surface area contributed by atoms with Crippen molar-refractivity contribution >= 4 is 10.9 Å². The van der Waals surface area contributed by atoms with E-state index in [1.54, 1.807) is 16.8 Å². The zero-order valence-electron chi connectivity index (χ0n) is 20.1. The molecule has 0 bridgehead atoms. The van der Waals surface area contributed by atoms with E-state index in [9.17, 15) is 9.18 Å². The van der Waals surface area contributed by atoms with Crippen LogP contribution in [0.5, 0.6) is 0 Å². The van der Waals surface area contributed by atoms with Crippen LogP contribution in [-0.2, 0) is 32.6 Å². The maximum atomic E-state index is 13.5. The van der Waals surface area contributed by atoms with Crippen LogP contribution in [0.1, 0.15) is 28.1 Å². The highest BCUT2D eigenvalue weighted by atomic mass is 19.1. The topological polar surface area (TPSA) is 79.7 Å². The van der Waals surface area contributed by atoms with Gasteiger partial charge >= 0.3 is 0 Å². The number of para-hydroxylation sites is 1. The third-order valence-electron chi connectivity index (χ3n) is 6.30. The first kappa shape index (κ1) is 23.6. The van der Waals surface area contributed by atoms with E-state index in [0.29, 0.717) is 37.6 Å². The SMILES string of the molecule is Cc1cccc2cc(CN(Cc3ccc(F)cc3)Cc3nnnn3CCc3ccccc3)c(=O)[nH]c12. The first-order valence-corrected chi connectivity index (χ1v) is 11.9. The van der Waals surface area contributed by atoms with E-state index in [1.807, 2.05) is 49.4 Å². The Morgan fingerprint density at radius 2 is 1.72 bits per heavy atom. The van der Waals surface area contributed by atoms with E-state index < -0.39 is 0 Å². The summed E-state index contributed by atoms with van der Waals surface area (Å²) in [6, 6.07) is 24.5. The molecule has 0 saturated heterocycles. The first-order chi connectivity index (χ1) is 17.5. The third kappa shape index (κ3) is 5.55. The fourth-order valence-corrected chi connectivity index (χ4v) is 4.39. The van der Waals surface area contributed by atoms with Gasteiger partial charge in [0.1, 0.15) is 5.82 Å². The lowest BCUT2D eigenvalue weighted by atomic mass is 10.1. The van der Waals surface area contributed by atoms with Crippen LogP contribution in [0.3, 0.4) is 0 Å². The van der Waals surface area contributed by atoms with Crippen molar-refractivity contribution in [2.75, 3.05) is 0 Å². The number of nitrogens with zero attached hydrogens (tertiary/aromatic N) is 5. The van der Waals surface area contributed by atoms with Crippen LogP contribution >= 0.6 is 0 Å². The van der Waals surface area contributed by atoms with Crippen LogP contribution < -0.4 is 5.56 Å². The van der Waals surface area contributed by atoms with Gasteiger partial charge in [-0.15, -0.1) is 5.10 Å². The molecule has 8 heteroatoms. The molecule has 5 rings (SSSR count). The summed E-state index contributed by atoms with van der Waals surface area (Å²) in [5, 5.41) is 13.3. The number of pyridine rings is 1. The minimum atomic E-state index is -0.281. The molecule has 0 radical (unpaired) electrons. The Bertz CT molecular complexity index is 1510. The number of aromatic amines is 1. The van der Waals surface area contributed by atoms with Gasteiger partial charge in [-0.1, -0.05) is 60.7 Å². The summed E-state index contributed by atoms with van der Waals surface area (Å²) in [5.41, 5.74) is 4.55. The number of H-pyrrole nitrogens is 1. The third-order valence-corrected chi connectivity index (χ3v) is 6.30. The Morgan fingerprint density at radius 1 is 0.917 bits per heavy atom. The Kier molecular flexibility index (Phi) is 6.95. The summed E-state index contributed by atoms with van der Waals surface area (Å²) in [4.78, 5) is 18.1. The highest BCUT2D eigenvalue weighted by molar-refractivity contribution is 5.81. The zero-order valence-corrected chi connectivity index (χ0v) is 20.1. The standard InChI is InChI=1S/C28H27FN6O/c1-20-6-5-9-23-16-24(28(36)30-27(20)23)18-34(17-22-10-12-25(29)13-11-22)19-26-31-32-33-35(26)15-14-21-7-3-2-4-8-21/h2-13,16H,14-15,17-19H2,1H3,(H,30,36). The number of aryl methyl sites for hydroxylation is 3. The molecule has 3 aromatic carbocycles. The van der Waals surface area contributed by atoms with Crippen LogP contribution in [-0.4, -0.2) is 30.1 Å². The van der Waals surface area contributed by atoms with Crippen molar-refractivity contribution in [3.63, 3.8) is 0 Å². The molecule has 7 nitrogen and oxygen atoms in total. The molecule has 5 aromatic rings. The average Bonchev–Trinajstić information content (AvgIpc) is 3.32. The molecule has 0 aliphatic heterocycles. The lowest BCUT2D eigenvalue weighted by Gasteiger charge is -2.22. The van der Waals surface area contributed by atoms with E-state index >= 15 is 0 Å². The lowest BCUT2D eigenvalue weighted by molar-refractivity contribution is 0.235. The molecule has 0 saturated carbocycles. The summed E-state index contributed by atoms with van der Waals surface area (Å²) >= 11 is 0. The van der Waals surface area contributed by atoms with Crippen molar-refractivity contribution < 1.29 is 4.39 Å². The molecule has 0 atom stereocenters. The summed E-state index contributed by atoms with van der Waals surface area (Å²) in [5.74, 6) is 0.428. The smallest absolute Gasteiger partial charge is 0.252 e. The summed E-state index contributed by atoms with van der Waals surface area (Å²) in [6.45, 7) is 3.96. The van der Waals surface area contributed by atoms with Gasteiger partial charge in [0.05, 0.1) is 12.1 Å². The van der Waals surface area contributed by atoms with Gasteiger partial charge in [0.25, 0.3) is 5.56 Å². The van der Waals surface area contributed by atoms with Crippen LogP contribution in [0.2, 0.25) is 0 Å². The van der Waals surface area contributed by atoms with Gasteiger partial charge < -0.3 is 4.98 Å². The minimum absolute atomic E-state index is 0.121. The second-order valence-corrected chi connectivity index (χ2v) is 8.99.